The van der Waals surface area contributed by atoms with Crippen molar-refractivity contribution < 1.29 is 22.6 Å². The van der Waals surface area contributed by atoms with Gasteiger partial charge in [0, 0.05) is 5.33 Å². The van der Waals surface area contributed by atoms with Gasteiger partial charge >= 0.3 is 6.36 Å². The van der Waals surface area contributed by atoms with Crippen LogP contribution in [0.3, 0.4) is 0 Å². The van der Waals surface area contributed by atoms with Crippen LogP contribution in [0.5, 0.6) is 11.5 Å². The molecule has 1 rings (SSSR count). The van der Waals surface area contributed by atoms with E-state index in [-0.39, 0.29) is 11.5 Å². The lowest BCUT2D eigenvalue weighted by molar-refractivity contribution is -0.275. The first-order valence-corrected chi connectivity index (χ1v) is 5.68. The third-order valence-electron chi connectivity index (χ3n) is 1.61. The Morgan fingerprint density at radius 1 is 1.12 bits per heavy atom. The molecule has 0 aromatic heterocycles. The van der Waals surface area contributed by atoms with Gasteiger partial charge in [0.25, 0.3) is 0 Å². The lowest BCUT2D eigenvalue weighted by Gasteiger charge is -2.13. The fourth-order valence-electron chi connectivity index (χ4n) is 1.02. The molecule has 0 atom stereocenters. The molecule has 0 spiro atoms. The predicted octanol–water partition coefficient (Wildman–Crippen LogP) is 3.75. The highest BCUT2D eigenvalue weighted by Gasteiger charge is 2.32. The Kier molecular flexibility index (Phi) is 4.92. The van der Waals surface area contributed by atoms with E-state index in [9.17, 15) is 13.2 Å². The second-order valence-electron chi connectivity index (χ2n) is 2.89. The van der Waals surface area contributed by atoms with Gasteiger partial charge in [-0.15, -0.1) is 13.2 Å². The van der Waals surface area contributed by atoms with Crippen LogP contribution in [-0.4, -0.2) is 18.3 Å². The van der Waals surface area contributed by atoms with Crippen molar-refractivity contribution in [2.45, 2.75) is 12.8 Å². The summed E-state index contributed by atoms with van der Waals surface area (Å²) in [6.07, 6.45) is -3.99. The summed E-state index contributed by atoms with van der Waals surface area (Å²) in [6.45, 7) is 0.337. The molecule has 6 heteroatoms. The molecule has 0 saturated heterocycles. The molecule has 2 nitrogen and oxygen atoms in total. The molecule has 0 aliphatic carbocycles. The zero-order chi connectivity index (χ0) is 12.0. The smallest absolute Gasteiger partial charge is 0.490 e. The Labute approximate surface area is 99.5 Å². The van der Waals surface area contributed by atoms with Gasteiger partial charge in [-0.05, 0) is 18.6 Å². The molecular formula is C10H10BrF3O2. The summed E-state index contributed by atoms with van der Waals surface area (Å²) in [6, 6.07) is 5.71. The number of halogens is 4. The Morgan fingerprint density at radius 3 is 2.31 bits per heavy atom. The SMILES string of the molecule is FC(F)(F)Oc1ccccc1OCCCBr. The molecular weight excluding hydrogens is 289 g/mol. The van der Waals surface area contributed by atoms with E-state index in [4.69, 9.17) is 4.74 Å². The highest BCUT2D eigenvalue weighted by molar-refractivity contribution is 9.09. The summed E-state index contributed by atoms with van der Waals surface area (Å²) in [5.74, 6) is -0.217. The summed E-state index contributed by atoms with van der Waals surface area (Å²) in [5.41, 5.74) is 0. The van der Waals surface area contributed by atoms with Gasteiger partial charge < -0.3 is 9.47 Å². The Hall–Kier alpha value is -0.910. The largest absolute Gasteiger partial charge is 0.573 e. The number of rotatable bonds is 5. The predicted molar refractivity (Wildman–Crippen MR) is 57.0 cm³/mol. The number of hydrogen-bond donors (Lipinski definition) is 0. The van der Waals surface area contributed by atoms with Crippen LogP contribution in [0.15, 0.2) is 24.3 Å². The van der Waals surface area contributed by atoms with Crippen molar-refractivity contribution in [2.24, 2.45) is 0 Å². The third kappa shape index (κ3) is 4.74. The first kappa shape index (κ1) is 13.2. The second-order valence-corrected chi connectivity index (χ2v) is 3.68. The van der Waals surface area contributed by atoms with E-state index >= 15 is 0 Å². The highest BCUT2D eigenvalue weighted by Crippen LogP contribution is 2.31. The topological polar surface area (TPSA) is 18.5 Å². The lowest BCUT2D eigenvalue weighted by atomic mass is 10.3. The van der Waals surface area contributed by atoms with Gasteiger partial charge in [0.2, 0.25) is 0 Å². The first-order chi connectivity index (χ1) is 7.53. The van der Waals surface area contributed by atoms with Crippen LogP contribution in [0.25, 0.3) is 0 Å². The minimum absolute atomic E-state index is 0.0979. The summed E-state index contributed by atoms with van der Waals surface area (Å²) in [7, 11) is 0. The van der Waals surface area contributed by atoms with Gasteiger partial charge in [0.05, 0.1) is 6.61 Å². The molecule has 0 saturated carbocycles. The van der Waals surface area contributed by atoms with E-state index in [1.165, 1.54) is 18.2 Å². The molecule has 0 amide bonds. The van der Waals surface area contributed by atoms with Crippen molar-refractivity contribution in [2.75, 3.05) is 11.9 Å². The summed E-state index contributed by atoms with van der Waals surface area (Å²) in [4.78, 5) is 0. The maximum absolute atomic E-state index is 12.0. The van der Waals surface area contributed by atoms with Crippen LogP contribution in [0, 0.1) is 0 Å². The molecule has 0 aliphatic rings. The van der Waals surface area contributed by atoms with Crippen molar-refractivity contribution in [3.05, 3.63) is 24.3 Å². The minimum Gasteiger partial charge on any atom is -0.490 e. The molecule has 1 aromatic carbocycles. The standard InChI is InChI=1S/C10H10BrF3O2/c11-6-3-7-15-8-4-1-2-5-9(8)16-10(12,13)14/h1-2,4-5H,3,6-7H2. The number of benzene rings is 1. The van der Waals surface area contributed by atoms with Crippen LogP contribution in [0.1, 0.15) is 6.42 Å². The van der Waals surface area contributed by atoms with Crippen molar-refractivity contribution in [3.8, 4) is 11.5 Å². The van der Waals surface area contributed by atoms with E-state index in [0.717, 1.165) is 5.33 Å². The van der Waals surface area contributed by atoms with Gasteiger partial charge in [-0.2, -0.15) is 0 Å². The fourth-order valence-corrected chi connectivity index (χ4v) is 1.24. The normalized spacial score (nSPS) is 11.2. The molecule has 1 aromatic rings. The van der Waals surface area contributed by atoms with E-state index in [0.29, 0.717) is 13.0 Å². The number of para-hydroxylation sites is 2. The molecule has 0 bridgehead atoms. The zero-order valence-corrected chi connectivity index (χ0v) is 9.85. The maximum atomic E-state index is 12.0. The number of hydrogen-bond acceptors (Lipinski definition) is 2. The molecule has 0 fully saturated rings. The van der Waals surface area contributed by atoms with Crippen molar-refractivity contribution in [1.29, 1.82) is 0 Å². The second kappa shape index (κ2) is 5.98. The van der Waals surface area contributed by atoms with Crippen LogP contribution >= 0.6 is 15.9 Å². The van der Waals surface area contributed by atoms with Gasteiger partial charge in [0.15, 0.2) is 11.5 Å². The summed E-state index contributed by atoms with van der Waals surface area (Å²) >= 11 is 3.20. The Balaban J connectivity index is 2.68. The lowest BCUT2D eigenvalue weighted by Crippen LogP contribution is -2.17. The average molecular weight is 299 g/mol. The molecule has 0 radical (unpaired) electrons. The Bertz CT molecular complexity index is 328. The molecule has 16 heavy (non-hydrogen) atoms. The van der Waals surface area contributed by atoms with Gasteiger partial charge in [-0.1, -0.05) is 28.1 Å². The average Bonchev–Trinajstić information content (AvgIpc) is 2.19. The quantitative estimate of drug-likeness (QED) is 0.609. The van der Waals surface area contributed by atoms with Crippen molar-refractivity contribution in [1.82, 2.24) is 0 Å². The van der Waals surface area contributed by atoms with E-state index in [1.54, 1.807) is 6.07 Å². The fraction of sp³-hybridized carbons (Fsp3) is 0.400. The minimum atomic E-state index is -4.70. The van der Waals surface area contributed by atoms with Crippen molar-refractivity contribution in [3.63, 3.8) is 0 Å². The van der Waals surface area contributed by atoms with Crippen LogP contribution < -0.4 is 9.47 Å². The van der Waals surface area contributed by atoms with E-state index in [1.807, 2.05) is 0 Å². The van der Waals surface area contributed by atoms with Crippen LogP contribution in [0.4, 0.5) is 13.2 Å². The van der Waals surface area contributed by atoms with Gasteiger partial charge in [-0.25, -0.2) is 0 Å². The molecule has 0 aliphatic heterocycles. The van der Waals surface area contributed by atoms with E-state index in [2.05, 4.69) is 20.7 Å². The van der Waals surface area contributed by atoms with Crippen LogP contribution in [-0.2, 0) is 0 Å². The van der Waals surface area contributed by atoms with Gasteiger partial charge in [0.1, 0.15) is 0 Å². The molecule has 0 heterocycles. The Morgan fingerprint density at radius 2 is 1.75 bits per heavy atom. The third-order valence-corrected chi connectivity index (χ3v) is 2.17. The molecule has 90 valence electrons. The maximum Gasteiger partial charge on any atom is 0.573 e. The highest BCUT2D eigenvalue weighted by atomic mass is 79.9. The molecule has 0 N–H and O–H groups in total. The zero-order valence-electron chi connectivity index (χ0n) is 8.26. The summed E-state index contributed by atoms with van der Waals surface area (Å²) in [5, 5.41) is 0.731. The van der Waals surface area contributed by atoms with Gasteiger partial charge in [-0.3, -0.25) is 0 Å². The van der Waals surface area contributed by atoms with E-state index < -0.39 is 6.36 Å². The number of alkyl halides is 4. The van der Waals surface area contributed by atoms with Crippen molar-refractivity contribution >= 4 is 15.9 Å². The first-order valence-electron chi connectivity index (χ1n) is 4.56. The summed E-state index contributed by atoms with van der Waals surface area (Å²) < 4.78 is 45.1. The monoisotopic (exact) mass is 298 g/mol. The number of ether oxygens (including phenoxy) is 2. The van der Waals surface area contributed by atoms with Crippen LogP contribution in [0.2, 0.25) is 0 Å². The molecule has 0 unspecified atom stereocenters.